The molecule has 1 aliphatic rings. The molecule has 0 spiro atoms. The van der Waals surface area contributed by atoms with Gasteiger partial charge in [-0.15, -0.1) is 0 Å². The Morgan fingerprint density at radius 3 is 2.09 bits per heavy atom. The van der Waals surface area contributed by atoms with Gasteiger partial charge in [-0.25, -0.2) is 0 Å². The van der Waals surface area contributed by atoms with Crippen molar-refractivity contribution in [1.82, 2.24) is 0 Å². The number of alkyl halides is 3. The van der Waals surface area contributed by atoms with Crippen molar-refractivity contribution >= 4 is 18.3 Å². The van der Waals surface area contributed by atoms with Gasteiger partial charge in [0.2, 0.25) is 0 Å². The van der Waals surface area contributed by atoms with Crippen molar-refractivity contribution < 1.29 is 22.5 Å². The summed E-state index contributed by atoms with van der Waals surface area (Å²) in [5.74, 6) is 0. The van der Waals surface area contributed by atoms with Gasteiger partial charge in [0, 0.05) is 12.2 Å². The molecule has 1 aliphatic heterocycles. The molecule has 7 heteroatoms. The lowest BCUT2D eigenvalue weighted by Gasteiger charge is -2.32. The number of benzene rings is 1. The van der Waals surface area contributed by atoms with Crippen LogP contribution in [-0.4, -0.2) is 24.9 Å². The maximum absolute atomic E-state index is 13.0. The van der Waals surface area contributed by atoms with Crippen LogP contribution in [0, 0.1) is 0 Å². The second-order valence-electron chi connectivity index (χ2n) is 6.42. The van der Waals surface area contributed by atoms with E-state index in [1.165, 1.54) is 12.1 Å². The van der Waals surface area contributed by atoms with Gasteiger partial charge < -0.3 is 14.6 Å². The van der Waals surface area contributed by atoms with E-state index in [0.29, 0.717) is 12.0 Å². The van der Waals surface area contributed by atoms with Crippen molar-refractivity contribution in [2.24, 2.45) is 0 Å². The third kappa shape index (κ3) is 3.10. The first-order chi connectivity index (χ1) is 9.98. The molecule has 1 fully saturated rings. The molecule has 1 N–H and O–H groups in total. The summed E-state index contributed by atoms with van der Waals surface area (Å²) in [5, 5.41) is 2.76. The summed E-state index contributed by atoms with van der Waals surface area (Å²) >= 11 is 0. The van der Waals surface area contributed by atoms with Crippen molar-refractivity contribution in [3.8, 4) is 0 Å². The Balaban J connectivity index is 2.36. The highest BCUT2D eigenvalue weighted by Gasteiger charge is 2.52. The highest BCUT2D eigenvalue weighted by molar-refractivity contribution is 6.62. The predicted octanol–water partition coefficient (Wildman–Crippen LogP) is 3.44. The van der Waals surface area contributed by atoms with Crippen LogP contribution in [0.15, 0.2) is 18.2 Å². The fourth-order valence-corrected chi connectivity index (χ4v) is 2.27. The fraction of sp³-hybridized carbons (Fsp3) is 0.600. The quantitative estimate of drug-likeness (QED) is 0.867. The van der Waals surface area contributed by atoms with Gasteiger partial charge in [0.1, 0.15) is 0 Å². The molecule has 1 aromatic carbocycles. The number of hydrogen-bond donors (Lipinski definition) is 1. The summed E-state index contributed by atoms with van der Waals surface area (Å²) in [6.07, 6.45) is -4.40. The van der Waals surface area contributed by atoms with E-state index >= 15 is 0 Å². The molecule has 0 amide bonds. The van der Waals surface area contributed by atoms with Crippen molar-refractivity contribution in [2.45, 2.75) is 52.0 Å². The van der Waals surface area contributed by atoms with Crippen LogP contribution in [0.2, 0.25) is 0 Å². The Hall–Kier alpha value is -1.21. The van der Waals surface area contributed by atoms with Crippen LogP contribution in [0.4, 0.5) is 18.9 Å². The van der Waals surface area contributed by atoms with Gasteiger partial charge in [-0.3, -0.25) is 0 Å². The zero-order chi connectivity index (χ0) is 16.8. The Morgan fingerprint density at radius 1 is 1.09 bits per heavy atom. The standard InChI is InChI=1S/C15H21BF3NO2/c1-6-20-12-9-10(7-8-11(12)15(17,18)19)16-21-13(2,3)14(4,5)22-16/h7-9,20H,6H2,1-5H3. The van der Waals surface area contributed by atoms with E-state index in [1.807, 2.05) is 27.7 Å². The summed E-state index contributed by atoms with van der Waals surface area (Å²) in [6, 6.07) is 3.93. The van der Waals surface area contributed by atoms with Crippen LogP contribution in [0.1, 0.15) is 40.2 Å². The first-order valence-corrected chi connectivity index (χ1v) is 7.28. The third-order valence-electron chi connectivity index (χ3n) is 4.24. The summed E-state index contributed by atoms with van der Waals surface area (Å²) in [7, 11) is -0.676. The smallest absolute Gasteiger partial charge is 0.399 e. The van der Waals surface area contributed by atoms with Crippen molar-refractivity contribution in [2.75, 3.05) is 11.9 Å². The van der Waals surface area contributed by atoms with Crippen LogP contribution in [0.3, 0.4) is 0 Å². The molecule has 0 saturated carbocycles. The van der Waals surface area contributed by atoms with E-state index in [-0.39, 0.29) is 5.69 Å². The minimum absolute atomic E-state index is 0.0437. The average molecular weight is 315 g/mol. The summed E-state index contributed by atoms with van der Waals surface area (Å²) < 4.78 is 50.8. The average Bonchev–Trinajstić information content (AvgIpc) is 2.57. The third-order valence-corrected chi connectivity index (χ3v) is 4.24. The Morgan fingerprint density at radius 2 is 1.64 bits per heavy atom. The lowest BCUT2D eigenvalue weighted by molar-refractivity contribution is -0.136. The topological polar surface area (TPSA) is 30.5 Å². The molecule has 0 radical (unpaired) electrons. The van der Waals surface area contributed by atoms with Crippen molar-refractivity contribution in [3.63, 3.8) is 0 Å². The second-order valence-corrected chi connectivity index (χ2v) is 6.42. The maximum atomic E-state index is 13.0. The minimum Gasteiger partial charge on any atom is -0.399 e. The number of nitrogens with one attached hydrogen (secondary N) is 1. The SMILES string of the molecule is CCNc1cc(B2OC(C)(C)C(C)(C)O2)ccc1C(F)(F)F. The molecule has 0 aliphatic carbocycles. The van der Waals surface area contributed by atoms with Gasteiger partial charge in [-0.05, 0) is 52.2 Å². The second kappa shape index (κ2) is 5.46. The Bertz CT molecular complexity index is 542. The van der Waals surface area contributed by atoms with E-state index in [1.54, 1.807) is 6.92 Å². The molecule has 22 heavy (non-hydrogen) atoms. The molecule has 2 rings (SSSR count). The van der Waals surface area contributed by atoms with Gasteiger partial charge in [-0.2, -0.15) is 13.2 Å². The summed E-state index contributed by atoms with van der Waals surface area (Å²) in [4.78, 5) is 0. The summed E-state index contributed by atoms with van der Waals surface area (Å²) in [5.41, 5.74) is -1.13. The van der Waals surface area contributed by atoms with Gasteiger partial charge in [0.25, 0.3) is 0 Å². The molecule has 0 unspecified atom stereocenters. The predicted molar refractivity (Wildman–Crippen MR) is 81.3 cm³/mol. The highest BCUT2D eigenvalue weighted by Crippen LogP contribution is 2.38. The molecular formula is C15H21BF3NO2. The van der Waals surface area contributed by atoms with Crippen LogP contribution < -0.4 is 10.8 Å². The molecule has 0 bridgehead atoms. The molecule has 0 atom stereocenters. The van der Waals surface area contributed by atoms with E-state index in [0.717, 1.165) is 6.07 Å². The van der Waals surface area contributed by atoms with E-state index in [4.69, 9.17) is 9.31 Å². The lowest BCUT2D eigenvalue weighted by atomic mass is 9.78. The molecule has 1 saturated heterocycles. The molecular weight excluding hydrogens is 294 g/mol. The number of halogens is 3. The largest absolute Gasteiger partial charge is 0.494 e. The highest BCUT2D eigenvalue weighted by atomic mass is 19.4. The van der Waals surface area contributed by atoms with E-state index < -0.39 is 30.1 Å². The van der Waals surface area contributed by atoms with Crippen molar-refractivity contribution in [1.29, 1.82) is 0 Å². The van der Waals surface area contributed by atoms with Crippen LogP contribution >= 0.6 is 0 Å². The van der Waals surface area contributed by atoms with Gasteiger partial charge in [0.15, 0.2) is 0 Å². The fourth-order valence-electron chi connectivity index (χ4n) is 2.27. The number of anilines is 1. The Labute approximate surface area is 129 Å². The van der Waals surface area contributed by atoms with E-state index in [9.17, 15) is 13.2 Å². The first-order valence-electron chi connectivity index (χ1n) is 7.28. The number of hydrogen-bond acceptors (Lipinski definition) is 3. The maximum Gasteiger partial charge on any atom is 0.494 e. The van der Waals surface area contributed by atoms with Gasteiger partial charge >= 0.3 is 13.3 Å². The van der Waals surface area contributed by atoms with Crippen LogP contribution in [0.5, 0.6) is 0 Å². The zero-order valence-corrected chi connectivity index (χ0v) is 13.5. The zero-order valence-electron chi connectivity index (χ0n) is 13.5. The first kappa shape index (κ1) is 17.2. The van der Waals surface area contributed by atoms with Gasteiger partial charge in [0.05, 0.1) is 16.8 Å². The van der Waals surface area contributed by atoms with Gasteiger partial charge in [-0.1, -0.05) is 6.07 Å². The molecule has 122 valence electrons. The molecule has 3 nitrogen and oxygen atoms in total. The Kier molecular flexibility index (Phi) is 4.26. The van der Waals surface area contributed by atoms with E-state index in [2.05, 4.69) is 5.32 Å². The normalized spacial score (nSPS) is 20.3. The molecule has 0 aromatic heterocycles. The van der Waals surface area contributed by atoms with Crippen LogP contribution in [0.25, 0.3) is 0 Å². The lowest BCUT2D eigenvalue weighted by Crippen LogP contribution is -2.41. The van der Waals surface area contributed by atoms with Crippen molar-refractivity contribution in [3.05, 3.63) is 23.8 Å². The minimum atomic E-state index is -4.40. The van der Waals surface area contributed by atoms with Crippen LogP contribution in [-0.2, 0) is 15.5 Å². The molecule has 1 heterocycles. The number of rotatable bonds is 3. The summed E-state index contributed by atoms with van der Waals surface area (Å²) in [6.45, 7) is 9.77. The monoisotopic (exact) mass is 315 g/mol. The molecule has 1 aromatic rings.